The van der Waals surface area contributed by atoms with E-state index in [9.17, 15) is 9.59 Å². The maximum Gasteiger partial charge on any atom is 0.254 e. The zero-order valence-electron chi connectivity index (χ0n) is 18.0. The van der Waals surface area contributed by atoms with Crippen LogP contribution in [0.3, 0.4) is 0 Å². The maximum atomic E-state index is 12.5. The van der Waals surface area contributed by atoms with E-state index in [-0.39, 0.29) is 11.8 Å². The molecule has 168 valence electrons. The van der Waals surface area contributed by atoms with Crippen LogP contribution in [-0.2, 0) is 11.2 Å². The number of carbonyl (C=O) groups excluding carboxylic acids is 2. The Morgan fingerprint density at radius 1 is 1.15 bits per heavy atom. The summed E-state index contributed by atoms with van der Waals surface area (Å²) in [6, 6.07) is 12.9. The molecular formula is C24H24N6O3. The summed E-state index contributed by atoms with van der Waals surface area (Å²) in [5.74, 6) is -0.0331. The zero-order valence-corrected chi connectivity index (χ0v) is 18.0. The van der Waals surface area contributed by atoms with Crippen molar-refractivity contribution in [1.82, 2.24) is 20.2 Å². The SMILES string of the molecule is O=C1NCCc2[nH]c(-c3ccnc(/C=N/Nc4ccc(C(=O)N5CCOCC5)cc4)c3)cc21. The third kappa shape index (κ3) is 4.63. The molecule has 1 fully saturated rings. The van der Waals surface area contributed by atoms with Gasteiger partial charge in [-0.25, -0.2) is 0 Å². The molecular weight excluding hydrogens is 420 g/mol. The van der Waals surface area contributed by atoms with Crippen molar-refractivity contribution >= 4 is 23.7 Å². The highest BCUT2D eigenvalue weighted by Gasteiger charge is 2.20. The molecule has 9 heteroatoms. The van der Waals surface area contributed by atoms with E-state index in [2.05, 4.69) is 25.8 Å². The Hall–Kier alpha value is -3.98. The summed E-state index contributed by atoms with van der Waals surface area (Å²) >= 11 is 0. The molecule has 0 saturated carbocycles. The molecule has 0 radical (unpaired) electrons. The molecule has 33 heavy (non-hydrogen) atoms. The number of pyridine rings is 1. The van der Waals surface area contributed by atoms with Gasteiger partial charge < -0.3 is 19.9 Å². The predicted octanol–water partition coefficient (Wildman–Crippen LogP) is 2.28. The smallest absolute Gasteiger partial charge is 0.254 e. The fraction of sp³-hybridized carbons (Fsp3) is 0.250. The van der Waals surface area contributed by atoms with Gasteiger partial charge in [0.05, 0.1) is 36.4 Å². The number of nitrogens with one attached hydrogen (secondary N) is 3. The van der Waals surface area contributed by atoms with Gasteiger partial charge in [0.25, 0.3) is 11.8 Å². The normalized spacial score (nSPS) is 15.9. The van der Waals surface area contributed by atoms with Crippen molar-refractivity contribution in [2.24, 2.45) is 5.10 Å². The molecule has 0 atom stereocenters. The van der Waals surface area contributed by atoms with Crippen LogP contribution in [0.2, 0.25) is 0 Å². The fourth-order valence-corrected chi connectivity index (χ4v) is 3.94. The largest absolute Gasteiger partial charge is 0.378 e. The van der Waals surface area contributed by atoms with Crippen molar-refractivity contribution in [2.75, 3.05) is 38.3 Å². The Bertz CT molecular complexity index is 1200. The van der Waals surface area contributed by atoms with Crippen LogP contribution < -0.4 is 10.7 Å². The number of anilines is 1. The maximum absolute atomic E-state index is 12.5. The van der Waals surface area contributed by atoms with Gasteiger partial charge in [0.1, 0.15) is 0 Å². The number of H-pyrrole nitrogens is 1. The number of carbonyl (C=O) groups is 2. The van der Waals surface area contributed by atoms with Crippen LogP contribution in [0.25, 0.3) is 11.3 Å². The first-order valence-corrected chi connectivity index (χ1v) is 10.9. The molecule has 0 spiro atoms. The molecule has 3 aromatic rings. The Morgan fingerprint density at radius 3 is 2.76 bits per heavy atom. The van der Waals surface area contributed by atoms with Gasteiger partial charge >= 0.3 is 0 Å². The molecule has 5 rings (SSSR count). The topological polar surface area (TPSA) is 112 Å². The number of ether oxygens (including phenoxy) is 1. The molecule has 4 heterocycles. The molecule has 0 bridgehead atoms. The van der Waals surface area contributed by atoms with E-state index in [1.807, 2.05) is 30.3 Å². The van der Waals surface area contributed by atoms with Crippen LogP contribution >= 0.6 is 0 Å². The van der Waals surface area contributed by atoms with Crippen LogP contribution in [-0.4, -0.2) is 65.7 Å². The highest BCUT2D eigenvalue weighted by atomic mass is 16.5. The molecule has 1 aromatic carbocycles. The summed E-state index contributed by atoms with van der Waals surface area (Å²) in [4.78, 5) is 34.0. The number of benzene rings is 1. The second kappa shape index (κ2) is 9.25. The lowest BCUT2D eigenvalue weighted by molar-refractivity contribution is 0.0303. The summed E-state index contributed by atoms with van der Waals surface area (Å²) in [6.07, 6.45) is 4.13. The van der Waals surface area contributed by atoms with E-state index in [0.29, 0.717) is 49.7 Å². The highest BCUT2D eigenvalue weighted by molar-refractivity contribution is 5.98. The van der Waals surface area contributed by atoms with Crippen LogP contribution in [0.4, 0.5) is 5.69 Å². The van der Waals surface area contributed by atoms with E-state index >= 15 is 0 Å². The standard InChI is InChI=1S/C24H24N6O3/c31-23-20-14-22(28-21(20)6-8-26-23)17-5-7-25-19(13-17)15-27-29-18-3-1-16(2-4-18)24(32)30-9-11-33-12-10-30/h1-5,7,13-15,28-29H,6,8-12H2,(H,26,31)/b27-15+. The molecule has 2 aliphatic rings. The third-order valence-corrected chi connectivity index (χ3v) is 5.72. The Balaban J connectivity index is 1.23. The van der Waals surface area contributed by atoms with Gasteiger partial charge in [0.2, 0.25) is 0 Å². The lowest BCUT2D eigenvalue weighted by atomic mass is 10.1. The van der Waals surface area contributed by atoms with Gasteiger partial charge in [0, 0.05) is 54.8 Å². The lowest BCUT2D eigenvalue weighted by Gasteiger charge is -2.26. The number of fused-ring (bicyclic) bond motifs is 1. The second-order valence-corrected chi connectivity index (χ2v) is 7.90. The van der Waals surface area contributed by atoms with Crippen LogP contribution in [0.1, 0.15) is 32.1 Å². The van der Waals surface area contributed by atoms with Gasteiger partial charge in [-0.15, -0.1) is 0 Å². The summed E-state index contributed by atoms with van der Waals surface area (Å²) in [5.41, 5.74) is 8.51. The molecule has 0 unspecified atom stereocenters. The molecule has 2 amide bonds. The first kappa shape index (κ1) is 20.9. The number of nitrogens with zero attached hydrogens (tertiary/aromatic N) is 3. The summed E-state index contributed by atoms with van der Waals surface area (Å²) < 4.78 is 5.30. The van der Waals surface area contributed by atoms with Crippen LogP contribution in [0.5, 0.6) is 0 Å². The number of aromatic amines is 1. The minimum atomic E-state index is -0.0449. The molecule has 2 aliphatic heterocycles. The van der Waals surface area contributed by atoms with Crippen LogP contribution in [0, 0.1) is 0 Å². The van der Waals surface area contributed by atoms with Crippen molar-refractivity contribution in [3.05, 3.63) is 71.2 Å². The van der Waals surface area contributed by atoms with E-state index in [1.54, 1.807) is 29.4 Å². The summed E-state index contributed by atoms with van der Waals surface area (Å²) in [7, 11) is 0. The average Bonchev–Trinajstić information content (AvgIpc) is 3.31. The van der Waals surface area contributed by atoms with Crippen molar-refractivity contribution in [2.45, 2.75) is 6.42 Å². The third-order valence-electron chi connectivity index (χ3n) is 5.72. The number of amides is 2. The van der Waals surface area contributed by atoms with E-state index in [0.717, 1.165) is 29.1 Å². The van der Waals surface area contributed by atoms with Crippen molar-refractivity contribution in [3.63, 3.8) is 0 Å². The molecule has 2 aromatic heterocycles. The quantitative estimate of drug-likeness (QED) is 0.413. The van der Waals surface area contributed by atoms with E-state index in [4.69, 9.17) is 4.74 Å². The lowest BCUT2D eigenvalue weighted by Crippen LogP contribution is -2.40. The number of hydrazone groups is 1. The molecule has 0 aliphatic carbocycles. The highest BCUT2D eigenvalue weighted by Crippen LogP contribution is 2.24. The minimum Gasteiger partial charge on any atom is -0.378 e. The monoisotopic (exact) mass is 444 g/mol. The van der Waals surface area contributed by atoms with Gasteiger partial charge in [0.15, 0.2) is 0 Å². The average molecular weight is 444 g/mol. The number of rotatable bonds is 5. The van der Waals surface area contributed by atoms with Gasteiger partial charge in [-0.05, 0) is 42.5 Å². The Labute approximate surface area is 190 Å². The van der Waals surface area contributed by atoms with Gasteiger partial charge in [-0.2, -0.15) is 5.10 Å². The molecule has 3 N–H and O–H groups in total. The van der Waals surface area contributed by atoms with Gasteiger partial charge in [-0.3, -0.25) is 20.0 Å². The number of aromatic nitrogens is 2. The molecule has 9 nitrogen and oxygen atoms in total. The fourth-order valence-electron chi connectivity index (χ4n) is 3.94. The van der Waals surface area contributed by atoms with E-state index in [1.165, 1.54) is 0 Å². The first-order chi connectivity index (χ1) is 16.2. The Kier molecular flexibility index (Phi) is 5.86. The van der Waals surface area contributed by atoms with Gasteiger partial charge in [-0.1, -0.05) is 0 Å². The number of hydrogen-bond donors (Lipinski definition) is 3. The van der Waals surface area contributed by atoms with Crippen molar-refractivity contribution in [3.8, 4) is 11.3 Å². The minimum absolute atomic E-state index is 0.0119. The zero-order chi connectivity index (χ0) is 22.6. The second-order valence-electron chi connectivity index (χ2n) is 7.90. The predicted molar refractivity (Wildman–Crippen MR) is 124 cm³/mol. The van der Waals surface area contributed by atoms with Crippen molar-refractivity contribution in [1.29, 1.82) is 0 Å². The summed E-state index contributed by atoms with van der Waals surface area (Å²) in [5, 5.41) is 7.12. The summed E-state index contributed by atoms with van der Waals surface area (Å²) in [6.45, 7) is 3.04. The van der Waals surface area contributed by atoms with Crippen molar-refractivity contribution < 1.29 is 14.3 Å². The first-order valence-electron chi connectivity index (χ1n) is 10.9. The van der Waals surface area contributed by atoms with Crippen LogP contribution in [0.15, 0.2) is 53.8 Å². The number of hydrogen-bond acceptors (Lipinski definition) is 6. The molecule has 1 saturated heterocycles. The van der Waals surface area contributed by atoms with E-state index < -0.39 is 0 Å². The Morgan fingerprint density at radius 2 is 1.97 bits per heavy atom. The number of morpholine rings is 1.